The third-order valence-corrected chi connectivity index (χ3v) is 15.6. The molecule has 0 bridgehead atoms. The zero-order valence-corrected chi connectivity index (χ0v) is 46.2. The number of hydrogen-bond donors (Lipinski definition) is 1. The number of hydrazine groups is 1. The first-order chi connectivity index (χ1) is 34.0. The largest absolute Gasteiger partial charge is 0.381 e. The first-order valence-corrected chi connectivity index (χ1v) is 26.3. The predicted molar refractivity (Wildman–Crippen MR) is 300 cm³/mol. The highest BCUT2D eigenvalue weighted by Gasteiger charge is 2.46. The molecule has 4 aromatic carbocycles. The average Bonchev–Trinajstić information content (AvgIpc) is 4.11. The van der Waals surface area contributed by atoms with Crippen molar-refractivity contribution in [3.05, 3.63) is 139 Å². The first-order valence-electron chi connectivity index (χ1n) is 24.8. The predicted octanol–water partition coefficient (Wildman–Crippen LogP) is 11.8. The van der Waals surface area contributed by atoms with E-state index in [4.69, 9.17) is 71.6 Å². The molecular formula is C56H76Cl4N8O3. The standard InChI is InChI=1S/C25H30Cl2N4.C21H23Cl2N3.C6H15NO2.C4H8O/c1-19(29(2)3)28-31-18-25(23-17-22(27)10-11-24(23)31)12-15-30(16-13-25)14-4-5-20-6-8-21(26)9-7-20;22-17-5-3-16(4-6-17)2-1-11-25-12-9-21(10-13-25)15-26(24)20-8-7-18(23)14-19(20)21;1-6(8-4,9-5)7(2)3;1-2-4-5-3-1/h4-11,17H,12-16,18H2,1-3H3;1-8,14H,9-13,15,24H2;1-5H3;1-4H2/b5-4+,28-19-;2-1+;;. The van der Waals surface area contributed by atoms with Gasteiger partial charge in [0.1, 0.15) is 5.84 Å². The highest BCUT2D eigenvalue weighted by Crippen LogP contribution is 2.49. The number of amidine groups is 1. The fraction of sp³-hybridized carbons (Fsp3) is 0.482. The van der Waals surface area contributed by atoms with Gasteiger partial charge in [-0.25, -0.2) is 5.84 Å². The van der Waals surface area contributed by atoms with Crippen LogP contribution < -0.4 is 15.9 Å². The molecule has 386 valence electrons. The third kappa shape index (κ3) is 15.4. The van der Waals surface area contributed by atoms with Gasteiger partial charge in [-0.3, -0.25) is 19.7 Å². The van der Waals surface area contributed by atoms with Gasteiger partial charge in [-0.15, -0.1) is 0 Å². The molecule has 4 aromatic rings. The second kappa shape index (κ2) is 26.5. The summed E-state index contributed by atoms with van der Waals surface area (Å²) in [6, 6.07) is 28.2. The molecule has 5 aliphatic heterocycles. The van der Waals surface area contributed by atoms with Crippen LogP contribution in [0.25, 0.3) is 12.2 Å². The molecule has 71 heavy (non-hydrogen) atoms. The summed E-state index contributed by atoms with van der Waals surface area (Å²) in [6.07, 6.45) is 15.8. The minimum absolute atomic E-state index is 0.118. The van der Waals surface area contributed by atoms with Gasteiger partial charge in [0.05, 0.1) is 17.9 Å². The fourth-order valence-electron chi connectivity index (χ4n) is 9.61. The molecular weight excluding hydrogens is 974 g/mol. The summed E-state index contributed by atoms with van der Waals surface area (Å²) in [5.41, 5.74) is 7.63. The Bertz CT molecular complexity index is 2370. The van der Waals surface area contributed by atoms with Crippen LogP contribution in [0.2, 0.25) is 20.1 Å². The lowest BCUT2D eigenvalue weighted by Gasteiger charge is -2.39. The minimum Gasteiger partial charge on any atom is -0.381 e. The van der Waals surface area contributed by atoms with Gasteiger partial charge in [0.15, 0.2) is 0 Å². The Morgan fingerprint density at radius 3 is 1.48 bits per heavy atom. The molecule has 5 aliphatic rings. The number of fused-ring (bicyclic) bond motifs is 4. The normalized spacial score (nSPS) is 18.6. The molecule has 0 saturated carbocycles. The molecule has 0 aliphatic carbocycles. The summed E-state index contributed by atoms with van der Waals surface area (Å²) in [4.78, 5) is 8.93. The molecule has 0 radical (unpaired) electrons. The smallest absolute Gasteiger partial charge is 0.225 e. The van der Waals surface area contributed by atoms with E-state index in [1.165, 1.54) is 40.8 Å². The van der Waals surface area contributed by atoms with Gasteiger partial charge in [0.25, 0.3) is 0 Å². The van der Waals surface area contributed by atoms with Crippen molar-refractivity contribution >= 4 is 75.8 Å². The quantitative estimate of drug-likeness (QED) is 0.0717. The second-order valence-corrected chi connectivity index (χ2v) is 21.4. The van der Waals surface area contributed by atoms with Crippen molar-refractivity contribution in [2.75, 3.05) is 118 Å². The monoisotopic (exact) mass is 1050 g/mol. The Morgan fingerprint density at radius 1 is 0.662 bits per heavy atom. The number of piperidine rings is 2. The van der Waals surface area contributed by atoms with E-state index in [0.717, 1.165) is 123 Å². The number of nitrogens with zero attached hydrogens (tertiary/aromatic N) is 7. The molecule has 9 rings (SSSR count). The van der Waals surface area contributed by atoms with E-state index in [-0.39, 0.29) is 10.8 Å². The van der Waals surface area contributed by atoms with Crippen LogP contribution in [0.15, 0.2) is 102 Å². The minimum atomic E-state index is -0.583. The summed E-state index contributed by atoms with van der Waals surface area (Å²) in [6.45, 7) is 13.9. The van der Waals surface area contributed by atoms with E-state index in [1.807, 2.05) is 112 Å². The summed E-state index contributed by atoms with van der Waals surface area (Å²) >= 11 is 24.6. The molecule has 5 heterocycles. The van der Waals surface area contributed by atoms with Crippen molar-refractivity contribution in [1.82, 2.24) is 19.6 Å². The number of likely N-dealkylation sites (tertiary alicyclic amines) is 2. The molecule has 3 fully saturated rings. The topological polar surface area (TPSA) is 85.5 Å². The van der Waals surface area contributed by atoms with E-state index in [9.17, 15) is 0 Å². The summed E-state index contributed by atoms with van der Waals surface area (Å²) in [7, 11) is 11.1. The van der Waals surface area contributed by atoms with Crippen molar-refractivity contribution in [2.45, 2.75) is 69.1 Å². The lowest BCUT2D eigenvalue weighted by atomic mass is 9.74. The maximum atomic E-state index is 6.40. The third-order valence-electron chi connectivity index (χ3n) is 14.6. The number of benzene rings is 4. The number of rotatable bonds is 10. The number of nitrogens with two attached hydrogens (primary N) is 1. The SMILES string of the molecule is C/C(=N/N1CC2(CCN(C/C=C/c3ccc(Cl)cc3)CC2)c2cc(Cl)ccc21)N(C)C.C1CCOC1.COC(C)(OC)N(C)C.NN1CC2(CCN(C/C=C/c3ccc(Cl)cc3)CC2)c2cc(Cl)ccc21. The average molecular weight is 1050 g/mol. The van der Waals surface area contributed by atoms with Gasteiger partial charge < -0.3 is 24.1 Å². The number of methoxy groups -OCH3 is 2. The van der Waals surface area contributed by atoms with Gasteiger partial charge in [-0.05, 0) is 169 Å². The van der Waals surface area contributed by atoms with Gasteiger partial charge in [0.2, 0.25) is 5.91 Å². The fourth-order valence-corrected chi connectivity index (χ4v) is 10.2. The lowest BCUT2D eigenvalue weighted by Crippen LogP contribution is -2.46. The van der Waals surface area contributed by atoms with Crippen LogP contribution in [0.5, 0.6) is 0 Å². The van der Waals surface area contributed by atoms with Gasteiger partial charge in [0, 0.05) is 99.0 Å². The van der Waals surface area contributed by atoms with E-state index in [2.05, 4.69) is 69.1 Å². The van der Waals surface area contributed by atoms with Gasteiger partial charge in [-0.2, -0.15) is 5.10 Å². The maximum absolute atomic E-state index is 6.40. The lowest BCUT2D eigenvalue weighted by molar-refractivity contribution is -0.270. The second-order valence-electron chi connectivity index (χ2n) is 19.6. The van der Waals surface area contributed by atoms with Crippen molar-refractivity contribution in [3.63, 3.8) is 0 Å². The molecule has 0 aromatic heterocycles. The molecule has 0 atom stereocenters. The summed E-state index contributed by atoms with van der Waals surface area (Å²) in [5, 5.41) is 12.1. The number of halogens is 4. The van der Waals surface area contributed by atoms with E-state index in [1.54, 1.807) is 14.2 Å². The van der Waals surface area contributed by atoms with Crippen LogP contribution in [0.4, 0.5) is 11.4 Å². The zero-order chi connectivity index (χ0) is 51.2. The highest BCUT2D eigenvalue weighted by atomic mass is 35.5. The van der Waals surface area contributed by atoms with E-state index in [0.29, 0.717) is 0 Å². The molecule has 0 amide bonds. The zero-order valence-electron chi connectivity index (χ0n) is 43.2. The molecule has 15 heteroatoms. The highest BCUT2D eigenvalue weighted by molar-refractivity contribution is 6.31. The van der Waals surface area contributed by atoms with E-state index >= 15 is 0 Å². The van der Waals surface area contributed by atoms with Crippen LogP contribution in [0.1, 0.15) is 74.6 Å². The first kappa shape index (κ1) is 56.6. The Kier molecular flexibility index (Phi) is 21.1. The molecule has 0 unspecified atom stereocenters. The molecule has 3 saturated heterocycles. The summed E-state index contributed by atoms with van der Waals surface area (Å²) in [5.74, 6) is 6.67. The maximum Gasteiger partial charge on any atom is 0.225 e. The van der Waals surface area contributed by atoms with Crippen molar-refractivity contribution in [1.29, 1.82) is 0 Å². The van der Waals surface area contributed by atoms with Crippen molar-refractivity contribution in [2.24, 2.45) is 10.9 Å². The Morgan fingerprint density at radius 2 is 1.08 bits per heavy atom. The Labute approximate surface area is 444 Å². The van der Waals surface area contributed by atoms with E-state index < -0.39 is 5.91 Å². The molecule has 2 spiro atoms. The number of hydrogen-bond acceptors (Lipinski definition) is 10. The van der Waals surface area contributed by atoms with Crippen LogP contribution >= 0.6 is 46.4 Å². The van der Waals surface area contributed by atoms with Crippen LogP contribution in [0, 0.1) is 0 Å². The van der Waals surface area contributed by atoms with Gasteiger partial charge in [-0.1, -0.05) is 95.0 Å². The van der Waals surface area contributed by atoms with Gasteiger partial charge >= 0.3 is 0 Å². The Balaban J connectivity index is 0.000000184. The molecule has 11 nitrogen and oxygen atoms in total. The number of hydrazone groups is 1. The summed E-state index contributed by atoms with van der Waals surface area (Å²) < 4.78 is 15.0. The number of anilines is 2. The van der Waals surface area contributed by atoms with Crippen LogP contribution in [0.3, 0.4) is 0 Å². The molecule has 2 N–H and O–H groups in total. The van der Waals surface area contributed by atoms with Crippen LogP contribution in [-0.2, 0) is 25.0 Å². The number of ether oxygens (including phenoxy) is 3. The van der Waals surface area contributed by atoms with Crippen molar-refractivity contribution in [3.8, 4) is 0 Å². The van der Waals surface area contributed by atoms with Crippen molar-refractivity contribution < 1.29 is 14.2 Å². The van der Waals surface area contributed by atoms with Crippen LogP contribution in [-0.4, -0.2) is 139 Å². The Hall–Kier alpha value is -3.69.